The number of ether oxygens (including phenoxy) is 1. The van der Waals surface area contributed by atoms with Crippen molar-refractivity contribution in [2.45, 2.75) is 38.0 Å². The van der Waals surface area contributed by atoms with Gasteiger partial charge in [0, 0.05) is 5.92 Å². The first-order valence-corrected chi connectivity index (χ1v) is 6.59. The summed E-state index contributed by atoms with van der Waals surface area (Å²) in [7, 11) is 1.35. The van der Waals surface area contributed by atoms with Crippen molar-refractivity contribution in [2.24, 2.45) is 5.92 Å². The Hall–Kier alpha value is -1.45. The third-order valence-electron chi connectivity index (χ3n) is 3.93. The molecule has 0 amide bonds. The fraction of sp³-hybridized carbons (Fsp3) is 0.533. The second kappa shape index (κ2) is 6.13. The molecule has 0 saturated heterocycles. The van der Waals surface area contributed by atoms with Crippen molar-refractivity contribution in [3.8, 4) is 0 Å². The second-order valence-corrected chi connectivity index (χ2v) is 5.02. The van der Waals surface area contributed by atoms with Gasteiger partial charge in [0.2, 0.25) is 6.43 Å². The van der Waals surface area contributed by atoms with Crippen LogP contribution in [0.5, 0.6) is 0 Å². The van der Waals surface area contributed by atoms with Gasteiger partial charge in [-0.2, -0.15) is 0 Å². The lowest BCUT2D eigenvalue weighted by molar-refractivity contribution is 0.0519. The maximum absolute atomic E-state index is 12.6. The van der Waals surface area contributed by atoms with Gasteiger partial charge >= 0.3 is 5.97 Å². The third kappa shape index (κ3) is 3.11. The Balaban J connectivity index is 2.13. The molecule has 104 valence electrons. The van der Waals surface area contributed by atoms with Gasteiger partial charge in [0.25, 0.3) is 0 Å². The lowest BCUT2D eigenvalue weighted by Gasteiger charge is -2.29. The standard InChI is InChI=1S/C15H18F2O2/c1-19-15(18)13-5-3-2-4-12(13)10-6-8-11(9-7-10)14(16)17/h2-5,10-11,14H,6-9H2,1H3. The summed E-state index contributed by atoms with van der Waals surface area (Å²) < 4.78 is 30.0. The normalized spacial score (nSPS) is 23.4. The van der Waals surface area contributed by atoms with Gasteiger partial charge in [0.1, 0.15) is 0 Å². The van der Waals surface area contributed by atoms with Crippen molar-refractivity contribution in [3.63, 3.8) is 0 Å². The van der Waals surface area contributed by atoms with E-state index in [1.807, 2.05) is 12.1 Å². The molecule has 1 fully saturated rings. The predicted octanol–water partition coefficient (Wildman–Crippen LogP) is 4.01. The molecule has 0 bridgehead atoms. The minimum atomic E-state index is -2.23. The monoisotopic (exact) mass is 268 g/mol. The highest BCUT2D eigenvalue weighted by Crippen LogP contribution is 2.39. The maximum atomic E-state index is 12.6. The Morgan fingerprint density at radius 1 is 1.21 bits per heavy atom. The van der Waals surface area contributed by atoms with Gasteiger partial charge in [0.15, 0.2) is 0 Å². The van der Waals surface area contributed by atoms with Crippen LogP contribution in [0.25, 0.3) is 0 Å². The maximum Gasteiger partial charge on any atom is 0.338 e. The summed E-state index contributed by atoms with van der Waals surface area (Å²) in [4.78, 5) is 11.7. The number of hydrogen-bond donors (Lipinski definition) is 0. The zero-order valence-electron chi connectivity index (χ0n) is 10.9. The first-order valence-electron chi connectivity index (χ1n) is 6.59. The highest BCUT2D eigenvalue weighted by Gasteiger charge is 2.29. The van der Waals surface area contributed by atoms with Crippen LogP contribution in [0.3, 0.4) is 0 Å². The summed E-state index contributed by atoms with van der Waals surface area (Å²) in [5.74, 6) is -0.654. The first-order chi connectivity index (χ1) is 9.13. The molecule has 1 aromatic carbocycles. The van der Waals surface area contributed by atoms with E-state index in [0.717, 1.165) is 5.56 Å². The molecule has 1 saturated carbocycles. The van der Waals surface area contributed by atoms with Crippen LogP contribution < -0.4 is 0 Å². The van der Waals surface area contributed by atoms with Crippen LogP contribution >= 0.6 is 0 Å². The minimum Gasteiger partial charge on any atom is -0.465 e. The average molecular weight is 268 g/mol. The Kier molecular flexibility index (Phi) is 4.51. The Bertz CT molecular complexity index is 438. The van der Waals surface area contributed by atoms with Gasteiger partial charge in [-0.25, -0.2) is 13.6 Å². The lowest BCUT2D eigenvalue weighted by atomic mass is 9.77. The molecule has 1 aromatic rings. The number of hydrogen-bond acceptors (Lipinski definition) is 2. The van der Waals surface area contributed by atoms with E-state index >= 15 is 0 Å². The van der Waals surface area contributed by atoms with Gasteiger partial charge in [-0.1, -0.05) is 18.2 Å². The number of methoxy groups -OCH3 is 1. The number of carbonyl (C=O) groups excluding carboxylic acids is 1. The van der Waals surface area contributed by atoms with Gasteiger partial charge in [-0.15, -0.1) is 0 Å². The van der Waals surface area contributed by atoms with Crippen molar-refractivity contribution in [2.75, 3.05) is 7.11 Å². The number of carbonyl (C=O) groups is 1. The molecule has 4 heteroatoms. The van der Waals surface area contributed by atoms with Crippen LogP contribution in [0.4, 0.5) is 8.78 Å². The lowest BCUT2D eigenvalue weighted by Crippen LogP contribution is -2.20. The second-order valence-electron chi connectivity index (χ2n) is 5.02. The molecule has 0 aromatic heterocycles. The molecule has 0 aliphatic heterocycles. The topological polar surface area (TPSA) is 26.3 Å². The van der Waals surface area contributed by atoms with Crippen molar-refractivity contribution in [1.82, 2.24) is 0 Å². The molecule has 1 aliphatic carbocycles. The molecule has 2 nitrogen and oxygen atoms in total. The SMILES string of the molecule is COC(=O)c1ccccc1C1CCC(C(F)F)CC1. The molecule has 0 heterocycles. The number of esters is 1. The van der Waals surface area contributed by atoms with Gasteiger partial charge in [-0.3, -0.25) is 0 Å². The predicted molar refractivity (Wildman–Crippen MR) is 68.5 cm³/mol. The number of alkyl halides is 2. The first kappa shape index (κ1) is 14.0. The van der Waals surface area contributed by atoms with E-state index in [0.29, 0.717) is 31.2 Å². The molecule has 19 heavy (non-hydrogen) atoms. The summed E-state index contributed by atoms with van der Waals surface area (Å²) in [6.07, 6.45) is 0.249. The van der Waals surface area contributed by atoms with Gasteiger partial charge in [0.05, 0.1) is 12.7 Å². The van der Waals surface area contributed by atoms with E-state index in [-0.39, 0.29) is 11.9 Å². The highest BCUT2D eigenvalue weighted by atomic mass is 19.3. The van der Waals surface area contributed by atoms with E-state index in [4.69, 9.17) is 4.74 Å². The smallest absolute Gasteiger partial charge is 0.338 e. The largest absolute Gasteiger partial charge is 0.465 e. The van der Waals surface area contributed by atoms with Crippen LogP contribution in [-0.4, -0.2) is 19.5 Å². The zero-order chi connectivity index (χ0) is 13.8. The fourth-order valence-corrected chi connectivity index (χ4v) is 2.83. The Labute approximate surface area is 111 Å². The van der Waals surface area contributed by atoms with Crippen molar-refractivity contribution >= 4 is 5.97 Å². The molecular formula is C15H18F2O2. The zero-order valence-corrected chi connectivity index (χ0v) is 10.9. The van der Waals surface area contributed by atoms with Crippen molar-refractivity contribution in [1.29, 1.82) is 0 Å². The van der Waals surface area contributed by atoms with Crippen LogP contribution in [-0.2, 0) is 4.74 Å². The van der Waals surface area contributed by atoms with E-state index in [9.17, 15) is 13.6 Å². The summed E-state index contributed by atoms with van der Waals surface area (Å²) in [6.45, 7) is 0. The van der Waals surface area contributed by atoms with Crippen LogP contribution in [0, 0.1) is 5.92 Å². The van der Waals surface area contributed by atoms with Crippen molar-refractivity contribution in [3.05, 3.63) is 35.4 Å². The summed E-state index contributed by atoms with van der Waals surface area (Å²) in [5.41, 5.74) is 1.49. The molecule has 0 atom stereocenters. The quantitative estimate of drug-likeness (QED) is 0.774. The van der Waals surface area contributed by atoms with Gasteiger partial charge < -0.3 is 4.74 Å². The van der Waals surface area contributed by atoms with Crippen LogP contribution in [0.2, 0.25) is 0 Å². The molecule has 0 N–H and O–H groups in total. The molecule has 2 rings (SSSR count). The summed E-state index contributed by atoms with van der Waals surface area (Å²) >= 11 is 0. The van der Waals surface area contributed by atoms with Crippen LogP contribution in [0.15, 0.2) is 24.3 Å². The molecule has 0 radical (unpaired) electrons. The molecule has 0 spiro atoms. The Morgan fingerprint density at radius 3 is 2.42 bits per heavy atom. The fourth-order valence-electron chi connectivity index (χ4n) is 2.83. The molecule has 0 unspecified atom stereocenters. The number of halogens is 2. The highest BCUT2D eigenvalue weighted by molar-refractivity contribution is 5.91. The summed E-state index contributed by atoms with van der Waals surface area (Å²) in [5, 5.41) is 0. The van der Waals surface area contributed by atoms with E-state index < -0.39 is 12.3 Å². The Morgan fingerprint density at radius 2 is 1.84 bits per heavy atom. The average Bonchev–Trinajstić information content (AvgIpc) is 2.46. The summed E-state index contributed by atoms with van der Waals surface area (Å²) in [6, 6.07) is 7.31. The van der Waals surface area contributed by atoms with Crippen LogP contribution in [0.1, 0.15) is 47.5 Å². The van der Waals surface area contributed by atoms with E-state index in [1.54, 1.807) is 12.1 Å². The minimum absolute atomic E-state index is 0.185. The van der Waals surface area contributed by atoms with E-state index in [2.05, 4.69) is 0 Å². The van der Waals surface area contributed by atoms with E-state index in [1.165, 1.54) is 7.11 Å². The number of benzene rings is 1. The molecular weight excluding hydrogens is 250 g/mol. The number of rotatable bonds is 3. The molecule has 1 aliphatic rings. The third-order valence-corrected chi connectivity index (χ3v) is 3.93. The van der Waals surface area contributed by atoms with Gasteiger partial charge in [-0.05, 0) is 43.2 Å². The van der Waals surface area contributed by atoms with Crippen molar-refractivity contribution < 1.29 is 18.3 Å².